The third kappa shape index (κ3) is 3.44. The third-order valence-corrected chi connectivity index (χ3v) is 3.73. The summed E-state index contributed by atoms with van der Waals surface area (Å²) in [5, 5.41) is 10.1. The van der Waals surface area contributed by atoms with Crippen LogP contribution in [0.3, 0.4) is 0 Å². The van der Waals surface area contributed by atoms with Crippen LogP contribution in [0.2, 0.25) is 0 Å². The molecule has 0 bridgehead atoms. The van der Waals surface area contributed by atoms with Crippen molar-refractivity contribution >= 4 is 0 Å². The van der Waals surface area contributed by atoms with E-state index in [1.807, 2.05) is 0 Å². The molecular formula is C12H22O3. The second-order valence-electron chi connectivity index (χ2n) is 4.81. The molecule has 0 spiro atoms. The van der Waals surface area contributed by atoms with E-state index in [0.29, 0.717) is 11.8 Å². The molecule has 0 saturated carbocycles. The molecule has 3 nitrogen and oxygen atoms in total. The lowest BCUT2D eigenvalue weighted by Gasteiger charge is -2.30. The number of ether oxygens (including phenoxy) is 2. The Labute approximate surface area is 91.8 Å². The van der Waals surface area contributed by atoms with Gasteiger partial charge >= 0.3 is 0 Å². The standard InChI is InChI=1S/C12H22O3/c13-12(11-3-7-15-8-4-11)9-10-1-5-14-6-2-10/h10-13H,1-9H2. The molecule has 2 aliphatic rings. The third-order valence-electron chi connectivity index (χ3n) is 3.73. The number of hydrogen-bond acceptors (Lipinski definition) is 3. The average Bonchev–Trinajstić information content (AvgIpc) is 2.31. The Morgan fingerprint density at radius 1 is 0.933 bits per heavy atom. The molecule has 2 aliphatic heterocycles. The van der Waals surface area contributed by atoms with Crippen molar-refractivity contribution in [2.75, 3.05) is 26.4 Å². The van der Waals surface area contributed by atoms with E-state index in [1.54, 1.807) is 0 Å². The van der Waals surface area contributed by atoms with Gasteiger partial charge in [0.15, 0.2) is 0 Å². The van der Waals surface area contributed by atoms with E-state index < -0.39 is 0 Å². The first-order valence-corrected chi connectivity index (χ1v) is 6.20. The van der Waals surface area contributed by atoms with Gasteiger partial charge < -0.3 is 14.6 Å². The van der Waals surface area contributed by atoms with Crippen molar-refractivity contribution in [3.8, 4) is 0 Å². The Morgan fingerprint density at radius 2 is 1.47 bits per heavy atom. The largest absolute Gasteiger partial charge is 0.393 e. The molecular weight excluding hydrogens is 192 g/mol. The fourth-order valence-electron chi connectivity index (χ4n) is 2.62. The first kappa shape index (κ1) is 11.4. The molecule has 88 valence electrons. The van der Waals surface area contributed by atoms with Gasteiger partial charge in [0.25, 0.3) is 0 Å². The number of aliphatic hydroxyl groups is 1. The maximum absolute atomic E-state index is 10.1. The summed E-state index contributed by atoms with van der Waals surface area (Å²) >= 11 is 0. The van der Waals surface area contributed by atoms with E-state index in [2.05, 4.69) is 0 Å². The summed E-state index contributed by atoms with van der Waals surface area (Å²) in [4.78, 5) is 0. The van der Waals surface area contributed by atoms with Crippen LogP contribution in [0.15, 0.2) is 0 Å². The second kappa shape index (κ2) is 5.83. The van der Waals surface area contributed by atoms with Crippen molar-refractivity contribution in [3.63, 3.8) is 0 Å². The molecule has 1 N–H and O–H groups in total. The monoisotopic (exact) mass is 214 g/mol. The van der Waals surface area contributed by atoms with E-state index in [0.717, 1.165) is 58.5 Å². The summed E-state index contributed by atoms with van der Waals surface area (Å²) in [5.74, 6) is 1.15. The highest BCUT2D eigenvalue weighted by Gasteiger charge is 2.25. The molecule has 2 saturated heterocycles. The Kier molecular flexibility index (Phi) is 4.42. The van der Waals surface area contributed by atoms with E-state index in [-0.39, 0.29) is 6.10 Å². The quantitative estimate of drug-likeness (QED) is 0.775. The molecule has 3 heteroatoms. The summed E-state index contributed by atoms with van der Waals surface area (Å²) in [6.07, 6.45) is 5.17. The summed E-state index contributed by atoms with van der Waals surface area (Å²) in [6.45, 7) is 3.42. The van der Waals surface area contributed by atoms with E-state index in [9.17, 15) is 5.11 Å². The maximum Gasteiger partial charge on any atom is 0.0572 e. The van der Waals surface area contributed by atoms with E-state index >= 15 is 0 Å². The molecule has 1 atom stereocenters. The van der Waals surface area contributed by atoms with Gasteiger partial charge in [-0.1, -0.05) is 0 Å². The van der Waals surface area contributed by atoms with Crippen LogP contribution in [0.1, 0.15) is 32.1 Å². The van der Waals surface area contributed by atoms with E-state index in [1.165, 1.54) is 0 Å². The molecule has 1 unspecified atom stereocenters. The van der Waals surface area contributed by atoms with Crippen molar-refractivity contribution in [2.45, 2.75) is 38.2 Å². The molecule has 0 amide bonds. The first-order chi connectivity index (χ1) is 7.36. The fourth-order valence-corrected chi connectivity index (χ4v) is 2.62. The second-order valence-corrected chi connectivity index (χ2v) is 4.81. The molecule has 0 aromatic rings. The summed E-state index contributed by atoms with van der Waals surface area (Å²) < 4.78 is 10.6. The molecule has 0 aromatic heterocycles. The minimum Gasteiger partial charge on any atom is -0.393 e. The molecule has 2 heterocycles. The van der Waals surface area contributed by atoms with Crippen LogP contribution in [0.5, 0.6) is 0 Å². The molecule has 0 aliphatic carbocycles. The van der Waals surface area contributed by atoms with Crippen molar-refractivity contribution in [1.29, 1.82) is 0 Å². The highest BCUT2D eigenvalue weighted by molar-refractivity contribution is 4.76. The SMILES string of the molecule is OC(CC1CCOCC1)C1CCOCC1. The minimum absolute atomic E-state index is 0.114. The highest BCUT2D eigenvalue weighted by Crippen LogP contribution is 2.27. The van der Waals surface area contributed by atoms with Crippen LogP contribution < -0.4 is 0 Å². The molecule has 2 rings (SSSR count). The number of rotatable bonds is 3. The Balaban J connectivity index is 1.72. The molecule has 2 fully saturated rings. The first-order valence-electron chi connectivity index (χ1n) is 6.20. The van der Waals surface area contributed by atoms with Crippen LogP contribution in [-0.4, -0.2) is 37.6 Å². The smallest absolute Gasteiger partial charge is 0.0572 e. The Morgan fingerprint density at radius 3 is 2.07 bits per heavy atom. The van der Waals surface area contributed by atoms with Gasteiger partial charge in [-0.05, 0) is 43.9 Å². The summed E-state index contributed by atoms with van der Waals surface area (Å²) in [7, 11) is 0. The average molecular weight is 214 g/mol. The van der Waals surface area contributed by atoms with Gasteiger partial charge in [-0.2, -0.15) is 0 Å². The van der Waals surface area contributed by atoms with Crippen LogP contribution in [0.25, 0.3) is 0 Å². The number of aliphatic hydroxyl groups excluding tert-OH is 1. The molecule has 15 heavy (non-hydrogen) atoms. The van der Waals surface area contributed by atoms with Crippen LogP contribution >= 0.6 is 0 Å². The molecule has 0 radical (unpaired) electrons. The van der Waals surface area contributed by atoms with Gasteiger partial charge in [-0.15, -0.1) is 0 Å². The van der Waals surface area contributed by atoms with Crippen molar-refractivity contribution in [2.24, 2.45) is 11.8 Å². The normalized spacial score (nSPS) is 27.8. The van der Waals surface area contributed by atoms with Crippen molar-refractivity contribution in [3.05, 3.63) is 0 Å². The van der Waals surface area contributed by atoms with E-state index in [4.69, 9.17) is 9.47 Å². The number of hydrogen-bond donors (Lipinski definition) is 1. The fraction of sp³-hybridized carbons (Fsp3) is 1.00. The predicted molar refractivity (Wildman–Crippen MR) is 57.7 cm³/mol. The summed E-state index contributed by atoms with van der Waals surface area (Å²) in [5.41, 5.74) is 0. The zero-order valence-electron chi connectivity index (χ0n) is 9.36. The van der Waals surface area contributed by atoms with Crippen LogP contribution in [0.4, 0.5) is 0 Å². The Bertz CT molecular complexity index is 172. The van der Waals surface area contributed by atoms with Gasteiger partial charge in [0.05, 0.1) is 6.10 Å². The lowest BCUT2D eigenvalue weighted by Crippen LogP contribution is -2.30. The Hall–Kier alpha value is -0.120. The van der Waals surface area contributed by atoms with Gasteiger partial charge in [-0.25, -0.2) is 0 Å². The lowest BCUT2D eigenvalue weighted by atomic mass is 9.85. The van der Waals surface area contributed by atoms with Gasteiger partial charge in [0.2, 0.25) is 0 Å². The zero-order chi connectivity index (χ0) is 10.5. The van der Waals surface area contributed by atoms with Crippen LogP contribution in [-0.2, 0) is 9.47 Å². The van der Waals surface area contributed by atoms with Gasteiger partial charge in [-0.3, -0.25) is 0 Å². The zero-order valence-corrected chi connectivity index (χ0v) is 9.36. The van der Waals surface area contributed by atoms with Crippen LogP contribution in [0, 0.1) is 11.8 Å². The van der Waals surface area contributed by atoms with Crippen molar-refractivity contribution in [1.82, 2.24) is 0 Å². The molecule has 0 aromatic carbocycles. The maximum atomic E-state index is 10.1. The highest BCUT2D eigenvalue weighted by atomic mass is 16.5. The van der Waals surface area contributed by atoms with Crippen molar-refractivity contribution < 1.29 is 14.6 Å². The lowest BCUT2D eigenvalue weighted by molar-refractivity contribution is -0.0136. The topological polar surface area (TPSA) is 38.7 Å². The van der Waals surface area contributed by atoms with Gasteiger partial charge in [0.1, 0.15) is 0 Å². The summed E-state index contributed by atoms with van der Waals surface area (Å²) in [6, 6.07) is 0. The predicted octanol–water partition coefficient (Wildman–Crippen LogP) is 1.59. The minimum atomic E-state index is -0.114. The van der Waals surface area contributed by atoms with Gasteiger partial charge in [0, 0.05) is 26.4 Å².